The molecule has 3 rings (SSSR count). The topological polar surface area (TPSA) is 55.4 Å². The number of benzene rings is 2. The molecule has 1 aliphatic rings. The minimum absolute atomic E-state index is 0.0990. The number of halogens is 1. The highest BCUT2D eigenvalue weighted by atomic mass is 32.2. The second-order valence-electron chi connectivity index (χ2n) is 5.94. The second kappa shape index (κ2) is 7.42. The van der Waals surface area contributed by atoms with Crippen molar-refractivity contribution in [2.45, 2.75) is 30.7 Å². The van der Waals surface area contributed by atoms with E-state index in [9.17, 15) is 12.8 Å². The van der Waals surface area contributed by atoms with Crippen LogP contribution in [0.1, 0.15) is 30.0 Å². The smallest absolute Gasteiger partial charge is 0.216 e. The zero-order chi connectivity index (χ0) is 17.0. The molecule has 1 aliphatic heterocycles. The van der Waals surface area contributed by atoms with Crippen molar-refractivity contribution in [1.82, 2.24) is 4.72 Å². The largest absolute Gasteiger partial charge is 0.376 e. The maximum absolute atomic E-state index is 13.2. The Kier molecular flexibility index (Phi) is 5.28. The molecule has 2 aromatic rings. The molecule has 1 saturated heterocycles. The third-order valence-corrected chi connectivity index (χ3v) is 5.40. The molecule has 0 aromatic heterocycles. The van der Waals surface area contributed by atoms with Crippen molar-refractivity contribution in [3.8, 4) is 0 Å². The predicted molar refractivity (Wildman–Crippen MR) is 90.3 cm³/mol. The second-order valence-corrected chi connectivity index (χ2v) is 7.70. The molecule has 2 aromatic carbocycles. The van der Waals surface area contributed by atoms with E-state index in [0.29, 0.717) is 12.2 Å². The molecule has 0 bridgehead atoms. The van der Waals surface area contributed by atoms with Crippen molar-refractivity contribution >= 4 is 10.0 Å². The molecular formula is C18H20FNO3S. The molecule has 1 N–H and O–H groups in total. The van der Waals surface area contributed by atoms with Gasteiger partial charge in [0.2, 0.25) is 10.0 Å². The van der Waals surface area contributed by atoms with Gasteiger partial charge in [0, 0.05) is 6.61 Å². The molecule has 24 heavy (non-hydrogen) atoms. The van der Waals surface area contributed by atoms with Gasteiger partial charge in [-0.25, -0.2) is 17.5 Å². The average Bonchev–Trinajstić information content (AvgIpc) is 3.08. The lowest BCUT2D eigenvalue weighted by Crippen LogP contribution is -2.36. The fraction of sp³-hybridized carbons (Fsp3) is 0.333. The highest BCUT2D eigenvalue weighted by Crippen LogP contribution is 2.28. The molecule has 0 radical (unpaired) electrons. The van der Waals surface area contributed by atoms with Crippen molar-refractivity contribution in [2.75, 3.05) is 6.61 Å². The molecule has 1 fully saturated rings. The van der Waals surface area contributed by atoms with E-state index < -0.39 is 16.1 Å². The average molecular weight is 349 g/mol. The number of hydrogen-bond donors (Lipinski definition) is 1. The van der Waals surface area contributed by atoms with Gasteiger partial charge < -0.3 is 4.74 Å². The van der Waals surface area contributed by atoms with Gasteiger partial charge in [0.1, 0.15) is 5.82 Å². The summed E-state index contributed by atoms with van der Waals surface area (Å²) >= 11 is 0. The first-order valence-electron chi connectivity index (χ1n) is 7.94. The summed E-state index contributed by atoms with van der Waals surface area (Å²) in [6, 6.07) is 14.4. The van der Waals surface area contributed by atoms with Gasteiger partial charge in [-0.05, 0) is 36.1 Å². The first kappa shape index (κ1) is 17.1. The number of sulfonamides is 1. The van der Waals surface area contributed by atoms with Gasteiger partial charge in [0.15, 0.2) is 0 Å². The molecule has 0 amide bonds. The molecule has 0 spiro atoms. The molecule has 0 unspecified atom stereocenters. The summed E-state index contributed by atoms with van der Waals surface area (Å²) in [6.07, 6.45) is 1.43. The van der Waals surface area contributed by atoms with Gasteiger partial charge in [-0.3, -0.25) is 0 Å². The highest BCUT2D eigenvalue weighted by Gasteiger charge is 2.30. The monoisotopic (exact) mass is 349 g/mol. The molecule has 0 saturated carbocycles. The van der Waals surface area contributed by atoms with E-state index in [0.717, 1.165) is 18.4 Å². The predicted octanol–water partition coefficient (Wildman–Crippen LogP) is 3.17. The SMILES string of the molecule is O=S(=O)(Cc1ccccc1)N[C@@H](c1ccc(F)cc1)[C@H]1CCCO1. The van der Waals surface area contributed by atoms with E-state index in [-0.39, 0.29) is 17.7 Å². The van der Waals surface area contributed by atoms with Gasteiger partial charge >= 0.3 is 0 Å². The third-order valence-electron chi connectivity index (χ3n) is 4.07. The Bertz CT molecular complexity index is 757. The lowest BCUT2D eigenvalue weighted by atomic mass is 10.0. The van der Waals surface area contributed by atoms with E-state index in [1.807, 2.05) is 18.2 Å². The molecular weight excluding hydrogens is 329 g/mol. The van der Waals surface area contributed by atoms with Crippen LogP contribution >= 0.6 is 0 Å². The van der Waals surface area contributed by atoms with Gasteiger partial charge in [0.05, 0.1) is 17.9 Å². The van der Waals surface area contributed by atoms with E-state index >= 15 is 0 Å². The van der Waals surface area contributed by atoms with Crippen LogP contribution in [0, 0.1) is 5.82 Å². The van der Waals surface area contributed by atoms with Crippen molar-refractivity contribution in [3.63, 3.8) is 0 Å². The van der Waals surface area contributed by atoms with Gasteiger partial charge in [-0.15, -0.1) is 0 Å². The Hall–Kier alpha value is -1.76. The van der Waals surface area contributed by atoms with Crippen molar-refractivity contribution in [3.05, 3.63) is 71.5 Å². The number of rotatable bonds is 6. The number of ether oxygens (including phenoxy) is 1. The van der Waals surface area contributed by atoms with Crippen LogP contribution in [0.3, 0.4) is 0 Å². The summed E-state index contributed by atoms with van der Waals surface area (Å²) < 4.78 is 46.7. The Labute approximate surface area is 141 Å². The minimum Gasteiger partial charge on any atom is -0.376 e. The van der Waals surface area contributed by atoms with E-state index in [1.54, 1.807) is 24.3 Å². The van der Waals surface area contributed by atoms with Gasteiger partial charge in [0.25, 0.3) is 0 Å². The Balaban J connectivity index is 1.81. The number of nitrogens with one attached hydrogen (secondary N) is 1. The Morgan fingerprint density at radius 2 is 1.83 bits per heavy atom. The number of hydrogen-bond acceptors (Lipinski definition) is 3. The third kappa shape index (κ3) is 4.41. The highest BCUT2D eigenvalue weighted by molar-refractivity contribution is 7.88. The normalized spacial score (nSPS) is 19.3. The van der Waals surface area contributed by atoms with Crippen LogP contribution in [0.25, 0.3) is 0 Å². The standard InChI is InChI=1S/C18H20FNO3S/c19-16-10-8-15(9-11-16)18(17-7-4-12-23-17)20-24(21,22)13-14-5-2-1-3-6-14/h1-3,5-6,8-11,17-18,20H,4,7,12-13H2/t17-,18+/m1/s1. The maximum Gasteiger partial charge on any atom is 0.216 e. The summed E-state index contributed by atoms with van der Waals surface area (Å²) in [5.41, 5.74) is 1.43. The summed E-state index contributed by atoms with van der Waals surface area (Å²) in [5, 5.41) is 0. The fourth-order valence-electron chi connectivity index (χ4n) is 2.92. The maximum atomic E-state index is 13.2. The zero-order valence-corrected chi connectivity index (χ0v) is 14.0. The van der Waals surface area contributed by atoms with Crippen LogP contribution in [-0.2, 0) is 20.5 Å². The van der Waals surface area contributed by atoms with Crippen LogP contribution in [0.2, 0.25) is 0 Å². The van der Waals surface area contributed by atoms with Crippen LogP contribution in [0.15, 0.2) is 54.6 Å². The van der Waals surface area contributed by atoms with Crippen molar-refractivity contribution in [1.29, 1.82) is 0 Å². The lowest BCUT2D eigenvalue weighted by molar-refractivity contribution is 0.0851. The first-order valence-corrected chi connectivity index (χ1v) is 9.60. The fourth-order valence-corrected chi connectivity index (χ4v) is 4.31. The van der Waals surface area contributed by atoms with Crippen molar-refractivity contribution < 1.29 is 17.5 Å². The lowest BCUT2D eigenvalue weighted by Gasteiger charge is -2.24. The summed E-state index contributed by atoms with van der Waals surface area (Å²) in [7, 11) is -3.55. The summed E-state index contributed by atoms with van der Waals surface area (Å²) in [4.78, 5) is 0. The molecule has 128 valence electrons. The molecule has 0 aliphatic carbocycles. The van der Waals surface area contributed by atoms with Crippen LogP contribution in [0.4, 0.5) is 4.39 Å². The van der Waals surface area contributed by atoms with E-state index in [2.05, 4.69) is 4.72 Å². The first-order chi connectivity index (χ1) is 11.5. The van der Waals surface area contributed by atoms with Crippen LogP contribution < -0.4 is 4.72 Å². The van der Waals surface area contributed by atoms with Crippen LogP contribution in [0.5, 0.6) is 0 Å². The van der Waals surface area contributed by atoms with E-state index in [4.69, 9.17) is 4.74 Å². The van der Waals surface area contributed by atoms with Crippen molar-refractivity contribution in [2.24, 2.45) is 0 Å². The summed E-state index contributed by atoms with van der Waals surface area (Å²) in [6.45, 7) is 0.614. The zero-order valence-electron chi connectivity index (χ0n) is 13.2. The van der Waals surface area contributed by atoms with Gasteiger partial charge in [-0.1, -0.05) is 42.5 Å². The Morgan fingerprint density at radius 1 is 1.12 bits per heavy atom. The molecule has 1 heterocycles. The molecule has 2 atom stereocenters. The van der Waals surface area contributed by atoms with Gasteiger partial charge in [-0.2, -0.15) is 0 Å². The van der Waals surface area contributed by atoms with E-state index in [1.165, 1.54) is 12.1 Å². The quantitative estimate of drug-likeness (QED) is 0.871. The minimum atomic E-state index is -3.55. The van der Waals surface area contributed by atoms with Crippen LogP contribution in [-0.4, -0.2) is 21.1 Å². The molecule has 4 nitrogen and oxygen atoms in total. The molecule has 6 heteroatoms. The summed E-state index contributed by atoms with van der Waals surface area (Å²) in [5.74, 6) is -0.449. The Morgan fingerprint density at radius 3 is 2.46 bits per heavy atom.